The minimum atomic E-state index is -0.418. The van der Waals surface area contributed by atoms with Crippen molar-refractivity contribution in [2.45, 2.75) is 44.8 Å². The molecular weight excluding hydrogens is 242 g/mol. The van der Waals surface area contributed by atoms with Gasteiger partial charge in [0.25, 0.3) is 0 Å². The standard InChI is InChI=1S/C15H21NO3/c1-2-14(17)11-3-7-13(8-4-11)19-10-9-15(18)16-12-5-6-12/h3-4,7-8,12,14,17H,2,5-6,9-10H2,1H3,(H,16,18)/t14-/m1/s1. The molecule has 4 heteroatoms. The number of ether oxygens (including phenoxy) is 1. The van der Waals surface area contributed by atoms with Crippen molar-refractivity contribution in [1.82, 2.24) is 5.32 Å². The average Bonchev–Trinajstić information content (AvgIpc) is 3.22. The molecule has 104 valence electrons. The molecule has 0 aromatic heterocycles. The van der Waals surface area contributed by atoms with Crippen molar-refractivity contribution in [3.8, 4) is 5.75 Å². The van der Waals surface area contributed by atoms with Gasteiger partial charge in [0.15, 0.2) is 0 Å². The highest BCUT2D eigenvalue weighted by Gasteiger charge is 2.22. The highest BCUT2D eigenvalue weighted by molar-refractivity contribution is 5.76. The number of carbonyl (C=O) groups excluding carboxylic acids is 1. The molecule has 2 rings (SSSR count). The Morgan fingerprint density at radius 3 is 2.68 bits per heavy atom. The Kier molecular flexibility index (Phi) is 4.80. The van der Waals surface area contributed by atoms with Gasteiger partial charge in [-0.25, -0.2) is 0 Å². The molecule has 0 saturated heterocycles. The van der Waals surface area contributed by atoms with E-state index in [-0.39, 0.29) is 5.91 Å². The monoisotopic (exact) mass is 263 g/mol. The molecule has 1 atom stereocenters. The molecule has 0 radical (unpaired) electrons. The summed E-state index contributed by atoms with van der Waals surface area (Å²) in [5, 5.41) is 12.6. The van der Waals surface area contributed by atoms with Crippen molar-refractivity contribution in [3.05, 3.63) is 29.8 Å². The number of rotatable bonds is 7. The van der Waals surface area contributed by atoms with E-state index in [1.54, 1.807) is 0 Å². The molecule has 0 heterocycles. The molecule has 2 N–H and O–H groups in total. The van der Waals surface area contributed by atoms with Gasteiger partial charge in [-0.05, 0) is 37.0 Å². The number of hydrogen-bond acceptors (Lipinski definition) is 3. The van der Waals surface area contributed by atoms with Crippen LogP contribution in [0.1, 0.15) is 44.3 Å². The van der Waals surface area contributed by atoms with Gasteiger partial charge in [0.05, 0.1) is 19.1 Å². The van der Waals surface area contributed by atoms with Crippen molar-refractivity contribution in [2.24, 2.45) is 0 Å². The van der Waals surface area contributed by atoms with Crippen LogP contribution >= 0.6 is 0 Å². The second kappa shape index (κ2) is 6.57. The summed E-state index contributed by atoms with van der Waals surface area (Å²) in [6, 6.07) is 7.77. The number of amides is 1. The van der Waals surface area contributed by atoms with Crippen LogP contribution in [0.15, 0.2) is 24.3 Å². The van der Waals surface area contributed by atoms with Crippen molar-refractivity contribution in [2.75, 3.05) is 6.61 Å². The summed E-state index contributed by atoms with van der Waals surface area (Å²) in [4.78, 5) is 11.4. The van der Waals surface area contributed by atoms with Crippen LogP contribution in [-0.2, 0) is 4.79 Å². The summed E-state index contributed by atoms with van der Waals surface area (Å²) >= 11 is 0. The SMILES string of the molecule is CC[C@@H](O)c1ccc(OCCC(=O)NC2CC2)cc1. The van der Waals surface area contributed by atoms with Gasteiger partial charge in [0.2, 0.25) is 5.91 Å². The largest absolute Gasteiger partial charge is 0.493 e. The molecule has 4 nitrogen and oxygen atoms in total. The summed E-state index contributed by atoms with van der Waals surface area (Å²) < 4.78 is 5.50. The van der Waals surface area contributed by atoms with E-state index in [9.17, 15) is 9.90 Å². The molecule has 1 saturated carbocycles. The molecule has 0 bridgehead atoms. The van der Waals surface area contributed by atoms with Crippen LogP contribution in [-0.4, -0.2) is 23.7 Å². The zero-order chi connectivity index (χ0) is 13.7. The normalized spacial score (nSPS) is 15.9. The smallest absolute Gasteiger partial charge is 0.223 e. The van der Waals surface area contributed by atoms with E-state index in [0.717, 1.165) is 24.2 Å². The van der Waals surface area contributed by atoms with Gasteiger partial charge in [0, 0.05) is 6.04 Å². The molecule has 1 aromatic rings. The molecule has 1 amide bonds. The van der Waals surface area contributed by atoms with E-state index in [4.69, 9.17) is 4.74 Å². The zero-order valence-electron chi connectivity index (χ0n) is 11.3. The van der Waals surface area contributed by atoms with Gasteiger partial charge in [-0.15, -0.1) is 0 Å². The van der Waals surface area contributed by atoms with E-state index in [1.165, 1.54) is 0 Å². The lowest BCUT2D eigenvalue weighted by atomic mass is 10.1. The van der Waals surface area contributed by atoms with Crippen molar-refractivity contribution in [1.29, 1.82) is 0 Å². The summed E-state index contributed by atoms with van der Waals surface area (Å²) in [6.45, 7) is 2.32. The lowest BCUT2D eigenvalue weighted by molar-refractivity contribution is -0.121. The highest BCUT2D eigenvalue weighted by atomic mass is 16.5. The number of aliphatic hydroxyl groups excluding tert-OH is 1. The third-order valence-electron chi connectivity index (χ3n) is 3.19. The van der Waals surface area contributed by atoms with E-state index in [1.807, 2.05) is 31.2 Å². The predicted octanol–water partition coefficient (Wildman–Crippen LogP) is 2.18. The van der Waals surface area contributed by atoms with Crippen LogP contribution in [0.25, 0.3) is 0 Å². The Labute approximate surface area is 113 Å². The Morgan fingerprint density at radius 2 is 2.11 bits per heavy atom. The first kappa shape index (κ1) is 13.9. The van der Waals surface area contributed by atoms with Crippen LogP contribution in [0.4, 0.5) is 0 Å². The maximum absolute atomic E-state index is 11.4. The summed E-state index contributed by atoms with van der Waals surface area (Å²) in [5.74, 6) is 0.784. The number of carbonyl (C=O) groups is 1. The molecule has 0 aliphatic heterocycles. The second-order valence-corrected chi connectivity index (χ2v) is 4.93. The Morgan fingerprint density at radius 1 is 1.42 bits per heavy atom. The Bertz CT molecular complexity index is 412. The fourth-order valence-corrected chi connectivity index (χ4v) is 1.81. The van der Waals surface area contributed by atoms with Crippen LogP contribution in [0.3, 0.4) is 0 Å². The molecule has 1 aliphatic rings. The van der Waals surface area contributed by atoms with Gasteiger partial charge in [-0.1, -0.05) is 19.1 Å². The van der Waals surface area contributed by atoms with E-state index in [2.05, 4.69) is 5.32 Å². The van der Waals surface area contributed by atoms with Crippen molar-refractivity contribution < 1.29 is 14.6 Å². The fourth-order valence-electron chi connectivity index (χ4n) is 1.81. The lowest BCUT2D eigenvalue weighted by Crippen LogP contribution is -2.26. The lowest BCUT2D eigenvalue weighted by Gasteiger charge is -2.10. The zero-order valence-corrected chi connectivity index (χ0v) is 11.3. The van der Waals surface area contributed by atoms with Crippen molar-refractivity contribution in [3.63, 3.8) is 0 Å². The van der Waals surface area contributed by atoms with Crippen LogP contribution in [0.5, 0.6) is 5.75 Å². The summed E-state index contributed by atoms with van der Waals surface area (Å²) in [7, 11) is 0. The van der Waals surface area contributed by atoms with E-state index < -0.39 is 6.10 Å². The topological polar surface area (TPSA) is 58.6 Å². The average molecular weight is 263 g/mol. The molecule has 1 aliphatic carbocycles. The first-order valence-corrected chi connectivity index (χ1v) is 6.89. The molecule has 1 aromatic carbocycles. The number of nitrogens with one attached hydrogen (secondary N) is 1. The molecular formula is C15H21NO3. The van der Waals surface area contributed by atoms with Crippen LogP contribution < -0.4 is 10.1 Å². The number of benzene rings is 1. The van der Waals surface area contributed by atoms with Gasteiger partial charge in [-0.2, -0.15) is 0 Å². The van der Waals surface area contributed by atoms with E-state index >= 15 is 0 Å². The van der Waals surface area contributed by atoms with Gasteiger partial charge >= 0.3 is 0 Å². The first-order valence-electron chi connectivity index (χ1n) is 6.89. The Balaban J connectivity index is 1.71. The third kappa shape index (κ3) is 4.56. The maximum Gasteiger partial charge on any atom is 0.223 e. The fraction of sp³-hybridized carbons (Fsp3) is 0.533. The van der Waals surface area contributed by atoms with Crippen molar-refractivity contribution >= 4 is 5.91 Å². The summed E-state index contributed by atoms with van der Waals surface area (Å²) in [6.07, 6.45) is 2.87. The van der Waals surface area contributed by atoms with Crippen LogP contribution in [0, 0.1) is 0 Å². The predicted molar refractivity (Wildman–Crippen MR) is 73.0 cm³/mol. The maximum atomic E-state index is 11.4. The molecule has 19 heavy (non-hydrogen) atoms. The van der Waals surface area contributed by atoms with Crippen LogP contribution in [0.2, 0.25) is 0 Å². The minimum Gasteiger partial charge on any atom is -0.493 e. The number of aliphatic hydroxyl groups is 1. The second-order valence-electron chi connectivity index (χ2n) is 4.93. The highest BCUT2D eigenvalue weighted by Crippen LogP contribution is 2.20. The van der Waals surface area contributed by atoms with Gasteiger partial charge < -0.3 is 15.2 Å². The van der Waals surface area contributed by atoms with Gasteiger partial charge in [0.1, 0.15) is 5.75 Å². The molecule has 0 unspecified atom stereocenters. The van der Waals surface area contributed by atoms with E-state index in [0.29, 0.717) is 25.5 Å². The molecule has 0 spiro atoms. The molecule has 1 fully saturated rings. The minimum absolute atomic E-state index is 0.0560. The summed E-state index contributed by atoms with van der Waals surface area (Å²) in [5.41, 5.74) is 0.890. The Hall–Kier alpha value is -1.55. The van der Waals surface area contributed by atoms with Gasteiger partial charge in [-0.3, -0.25) is 4.79 Å². The third-order valence-corrected chi connectivity index (χ3v) is 3.19. The quantitative estimate of drug-likeness (QED) is 0.792. The first-order chi connectivity index (χ1) is 9.19. The number of hydrogen-bond donors (Lipinski definition) is 2.